The molecule has 1 amide bonds. The van der Waals surface area contributed by atoms with Crippen LogP contribution in [0.2, 0.25) is 0 Å². The topological polar surface area (TPSA) is 102 Å². The summed E-state index contributed by atoms with van der Waals surface area (Å²) in [6, 6.07) is 12.2. The molecule has 1 N–H and O–H groups in total. The lowest BCUT2D eigenvalue weighted by atomic mass is 10.1. The number of benzene rings is 2. The van der Waals surface area contributed by atoms with Gasteiger partial charge in [-0.3, -0.25) is 14.9 Å². The highest BCUT2D eigenvalue weighted by Gasteiger charge is 2.16. The van der Waals surface area contributed by atoms with Gasteiger partial charge in [-0.15, -0.1) is 0 Å². The Bertz CT molecular complexity index is 1030. The number of carbonyl (C=O) groups excluding carboxylic acids is 1. The number of rotatable bonds is 3. The summed E-state index contributed by atoms with van der Waals surface area (Å²) < 4.78 is 5.89. The van der Waals surface area contributed by atoms with E-state index in [1.807, 2.05) is 12.1 Å². The van der Waals surface area contributed by atoms with Crippen LogP contribution in [0.3, 0.4) is 0 Å². The summed E-state index contributed by atoms with van der Waals surface area (Å²) in [7, 11) is 0. The number of halogens is 1. The van der Waals surface area contributed by atoms with Crippen molar-refractivity contribution in [1.82, 2.24) is 0 Å². The van der Waals surface area contributed by atoms with Gasteiger partial charge in [-0.05, 0) is 46.9 Å². The molecule has 8 heteroatoms. The van der Waals surface area contributed by atoms with Gasteiger partial charge in [0, 0.05) is 21.1 Å². The average Bonchev–Trinajstić information content (AvgIpc) is 2.55. The van der Waals surface area contributed by atoms with Crippen LogP contribution in [0.15, 0.2) is 57.7 Å². The second-order valence-corrected chi connectivity index (χ2v) is 6.02. The maximum absolute atomic E-state index is 12.3. The number of nitro benzene ring substituents is 1. The van der Waals surface area contributed by atoms with Crippen LogP contribution in [-0.4, -0.2) is 10.8 Å². The molecule has 0 radical (unpaired) electrons. The van der Waals surface area contributed by atoms with Crippen molar-refractivity contribution in [3.05, 3.63) is 78.2 Å². The molecule has 0 unspecified atom stereocenters. The lowest BCUT2D eigenvalue weighted by Gasteiger charge is -2.07. The SMILES string of the molecule is O=C(Nc1ccccc1I)c1cc2cc([N+](=O)[O-])ccc2oc1=O. The van der Waals surface area contributed by atoms with Gasteiger partial charge in [0.1, 0.15) is 11.1 Å². The molecule has 2 aromatic carbocycles. The summed E-state index contributed by atoms with van der Waals surface area (Å²) >= 11 is 2.06. The van der Waals surface area contributed by atoms with Crippen molar-refractivity contribution in [2.24, 2.45) is 0 Å². The van der Waals surface area contributed by atoms with Crippen molar-refractivity contribution < 1.29 is 14.1 Å². The number of nitro groups is 1. The lowest BCUT2D eigenvalue weighted by Crippen LogP contribution is -2.21. The molecule has 120 valence electrons. The van der Waals surface area contributed by atoms with Gasteiger partial charge in [0.2, 0.25) is 0 Å². The van der Waals surface area contributed by atoms with E-state index in [9.17, 15) is 19.7 Å². The molecule has 0 atom stereocenters. The van der Waals surface area contributed by atoms with Crippen LogP contribution in [0.25, 0.3) is 11.0 Å². The fraction of sp³-hybridized carbons (Fsp3) is 0. The monoisotopic (exact) mass is 436 g/mol. The van der Waals surface area contributed by atoms with E-state index in [0.29, 0.717) is 11.1 Å². The molecule has 0 aliphatic carbocycles. The number of nitrogens with zero attached hydrogens (tertiary/aromatic N) is 1. The Hall–Kier alpha value is -2.75. The molecule has 3 rings (SSSR count). The van der Waals surface area contributed by atoms with E-state index in [2.05, 4.69) is 27.9 Å². The third-order valence-electron chi connectivity index (χ3n) is 3.29. The van der Waals surface area contributed by atoms with Crippen LogP contribution in [-0.2, 0) is 0 Å². The fourth-order valence-electron chi connectivity index (χ4n) is 2.13. The van der Waals surface area contributed by atoms with Crippen molar-refractivity contribution in [2.45, 2.75) is 0 Å². The summed E-state index contributed by atoms with van der Waals surface area (Å²) in [6.45, 7) is 0. The van der Waals surface area contributed by atoms with Crippen molar-refractivity contribution in [3.8, 4) is 0 Å². The zero-order valence-corrected chi connectivity index (χ0v) is 14.1. The molecule has 0 aliphatic heterocycles. The lowest BCUT2D eigenvalue weighted by molar-refractivity contribution is -0.384. The number of fused-ring (bicyclic) bond motifs is 1. The third-order valence-corrected chi connectivity index (χ3v) is 4.23. The Balaban J connectivity index is 2.03. The summed E-state index contributed by atoms with van der Waals surface area (Å²) in [4.78, 5) is 34.6. The summed E-state index contributed by atoms with van der Waals surface area (Å²) in [6.07, 6.45) is 0. The zero-order chi connectivity index (χ0) is 17.3. The number of carbonyl (C=O) groups is 1. The first-order valence-electron chi connectivity index (χ1n) is 6.74. The number of hydrogen-bond donors (Lipinski definition) is 1. The normalized spacial score (nSPS) is 10.5. The molecule has 0 fully saturated rings. The second kappa shape index (κ2) is 6.40. The largest absolute Gasteiger partial charge is 0.422 e. The van der Waals surface area contributed by atoms with Crippen LogP contribution in [0.5, 0.6) is 0 Å². The van der Waals surface area contributed by atoms with E-state index in [-0.39, 0.29) is 16.8 Å². The van der Waals surface area contributed by atoms with Crippen LogP contribution in [0.4, 0.5) is 11.4 Å². The van der Waals surface area contributed by atoms with Gasteiger partial charge < -0.3 is 9.73 Å². The maximum atomic E-state index is 12.3. The molecule has 0 saturated carbocycles. The highest BCUT2D eigenvalue weighted by molar-refractivity contribution is 14.1. The van der Waals surface area contributed by atoms with Crippen molar-refractivity contribution in [1.29, 1.82) is 0 Å². The number of para-hydroxylation sites is 1. The first kappa shape index (κ1) is 16.1. The molecule has 0 aliphatic rings. The molecule has 3 aromatic rings. The standard InChI is InChI=1S/C16H9IN2O5/c17-12-3-1-2-4-13(12)18-15(20)11-8-9-7-10(19(22)23)5-6-14(9)24-16(11)21/h1-8H,(H,18,20). The number of hydrogen-bond acceptors (Lipinski definition) is 5. The summed E-state index contributed by atoms with van der Waals surface area (Å²) in [5.41, 5.74) is -0.444. The number of nitrogens with one attached hydrogen (secondary N) is 1. The maximum Gasteiger partial charge on any atom is 0.349 e. The smallest absolute Gasteiger partial charge is 0.349 e. The molecule has 0 bridgehead atoms. The molecular formula is C16H9IN2O5. The molecule has 0 saturated heterocycles. The van der Waals surface area contributed by atoms with Gasteiger partial charge in [0.15, 0.2) is 0 Å². The van der Waals surface area contributed by atoms with Gasteiger partial charge in [-0.2, -0.15) is 0 Å². The highest BCUT2D eigenvalue weighted by Crippen LogP contribution is 2.21. The predicted octanol–water partition coefficient (Wildman–Crippen LogP) is 3.56. The number of anilines is 1. The van der Waals surface area contributed by atoms with Crippen LogP contribution in [0, 0.1) is 13.7 Å². The van der Waals surface area contributed by atoms with Crippen LogP contribution < -0.4 is 10.9 Å². The average molecular weight is 436 g/mol. The Morgan fingerprint density at radius 2 is 1.92 bits per heavy atom. The Morgan fingerprint density at radius 3 is 2.62 bits per heavy atom. The predicted molar refractivity (Wildman–Crippen MR) is 96.3 cm³/mol. The quantitative estimate of drug-likeness (QED) is 0.293. The molecular weight excluding hydrogens is 427 g/mol. The van der Waals surface area contributed by atoms with Gasteiger partial charge in [0.25, 0.3) is 11.6 Å². The van der Waals surface area contributed by atoms with E-state index in [1.165, 1.54) is 24.3 Å². The minimum atomic E-state index is -0.806. The van der Waals surface area contributed by atoms with E-state index in [0.717, 1.165) is 3.57 Å². The van der Waals surface area contributed by atoms with Gasteiger partial charge in [-0.1, -0.05) is 12.1 Å². The molecule has 0 spiro atoms. The molecule has 7 nitrogen and oxygen atoms in total. The van der Waals surface area contributed by atoms with Crippen LogP contribution >= 0.6 is 22.6 Å². The molecule has 1 heterocycles. The van der Waals surface area contributed by atoms with Crippen molar-refractivity contribution in [2.75, 3.05) is 5.32 Å². The minimum absolute atomic E-state index is 0.152. The van der Waals surface area contributed by atoms with E-state index in [1.54, 1.807) is 12.1 Å². The van der Waals surface area contributed by atoms with E-state index in [4.69, 9.17) is 4.42 Å². The van der Waals surface area contributed by atoms with E-state index >= 15 is 0 Å². The Kier molecular flexibility index (Phi) is 4.30. The Morgan fingerprint density at radius 1 is 1.17 bits per heavy atom. The third kappa shape index (κ3) is 3.13. The number of amides is 1. The second-order valence-electron chi connectivity index (χ2n) is 4.86. The zero-order valence-electron chi connectivity index (χ0n) is 12.0. The summed E-state index contributed by atoms with van der Waals surface area (Å²) in [5, 5.41) is 13.8. The minimum Gasteiger partial charge on any atom is -0.422 e. The first-order valence-corrected chi connectivity index (χ1v) is 7.82. The summed E-state index contributed by atoms with van der Waals surface area (Å²) in [5.74, 6) is -0.638. The Labute approximate surface area is 148 Å². The fourth-order valence-corrected chi connectivity index (χ4v) is 2.66. The van der Waals surface area contributed by atoms with E-state index < -0.39 is 16.5 Å². The number of non-ortho nitro benzene ring substituents is 1. The van der Waals surface area contributed by atoms with Gasteiger partial charge in [0.05, 0.1) is 10.6 Å². The molecule has 24 heavy (non-hydrogen) atoms. The van der Waals surface area contributed by atoms with Crippen molar-refractivity contribution >= 4 is 50.8 Å². The highest BCUT2D eigenvalue weighted by atomic mass is 127. The first-order chi connectivity index (χ1) is 11.5. The molecule has 1 aromatic heterocycles. The van der Waals surface area contributed by atoms with Gasteiger partial charge in [-0.25, -0.2) is 4.79 Å². The van der Waals surface area contributed by atoms with Crippen molar-refractivity contribution in [3.63, 3.8) is 0 Å². The van der Waals surface area contributed by atoms with Crippen LogP contribution in [0.1, 0.15) is 10.4 Å². The van der Waals surface area contributed by atoms with Gasteiger partial charge >= 0.3 is 5.63 Å².